The van der Waals surface area contributed by atoms with Gasteiger partial charge in [0.15, 0.2) is 0 Å². The van der Waals surface area contributed by atoms with E-state index in [0.717, 1.165) is 15.6 Å². The summed E-state index contributed by atoms with van der Waals surface area (Å²) in [5, 5.41) is 18.0. The topological polar surface area (TPSA) is 78.4 Å². The maximum atomic E-state index is 11.6. The summed E-state index contributed by atoms with van der Waals surface area (Å²) >= 11 is 1.54. The fraction of sp³-hybridized carbons (Fsp3) is 0.333. The van der Waals surface area contributed by atoms with Crippen LogP contribution >= 0.6 is 11.3 Å². The van der Waals surface area contributed by atoms with Gasteiger partial charge in [0.25, 0.3) is 0 Å². The van der Waals surface area contributed by atoms with Crippen LogP contribution in [-0.2, 0) is 9.59 Å². The Morgan fingerprint density at radius 1 is 1.24 bits per heavy atom. The molecule has 3 N–H and O–H groups in total. The van der Waals surface area contributed by atoms with Crippen molar-refractivity contribution in [1.29, 1.82) is 0 Å². The van der Waals surface area contributed by atoms with Crippen molar-refractivity contribution in [2.75, 3.05) is 6.54 Å². The van der Waals surface area contributed by atoms with Crippen molar-refractivity contribution < 1.29 is 14.7 Å². The third-order valence-electron chi connectivity index (χ3n) is 2.95. The highest BCUT2D eigenvalue weighted by Gasteiger charge is 2.18. The molecule has 0 aliphatic carbocycles. The standard InChI is InChI=1S/C15H18N2O3S/c1-9(2)17-15(20)14(19)16-7-12(18)11-8-21-13-6-4-3-5-10(11)13/h3-6,8-9,12,18H,7H2,1-2H3,(H,16,19)(H,17,20). The summed E-state index contributed by atoms with van der Waals surface area (Å²) in [6, 6.07) is 7.64. The van der Waals surface area contributed by atoms with Crippen molar-refractivity contribution in [2.24, 2.45) is 0 Å². The Labute approximate surface area is 127 Å². The van der Waals surface area contributed by atoms with Gasteiger partial charge >= 0.3 is 11.8 Å². The zero-order chi connectivity index (χ0) is 15.4. The number of nitrogens with one attached hydrogen (secondary N) is 2. The number of hydrogen-bond acceptors (Lipinski definition) is 4. The number of carbonyl (C=O) groups is 2. The first-order valence-corrected chi connectivity index (χ1v) is 7.60. The van der Waals surface area contributed by atoms with Gasteiger partial charge < -0.3 is 15.7 Å². The maximum Gasteiger partial charge on any atom is 0.309 e. The second-order valence-corrected chi connectivity index (χ2v) is 5.95. The van der Waals surface area contributed by atoms with E-state index in [-0.39, 0.29) is 12.6 Å². The third-order valence-corrected chi connectivity index (χ3v) is 3.93. The number of aliphatic hydroxyl groups is 1. The van der Waals surface area contributed by atoms with Crippen LogP contribution in [0.4, 0.5) is 0 Å². The molecule has 0 bridgehead atoms. The summed E-state index contributed by atoms with van der Waals surface area (Å²) in [7, 11) is 0. The lowest BCUT2D eigenvalue weighted by Gasteiger charge is -2.12. The molecule has 2 rings (SSSR count). The largest absolute Gasteiger partial charge is 0.387 e. The van der Waals surface area contributed by atoms with Crippen LogP contribution in [0, 0.1) is 0 Å². The number of hydrogen-bond donors (Lipinski definition) is 3. The first-order valence-electron chi connectivity index (χ1n) is 6.72. The van der Waals surface area contributed by atoms with Gasteiger partial charge in [0.05, 0.1) is 6.10 Å². The van der Waals surface area contributed by atoms with E-state index in [2.05, 4.69) is 10.6 Å². The fourth-order valence-electron chi connectivity index (χ4n) is 1.96. The molecule has 0 saturated carbocycles. The van der Waals surface area contributed by atoms with Crippen LogP contribution < -0.4 is 10.6 Å². The predicted molar refractivity (Wildman–Crippen MR) is 83.1 cm³/mol. The molecule has 1 unspecified atom stereocenters. The first-order chi connectivity index (χ1) is 9.99. The Morgan fingerprint density at radius 2 is 1.95 bits per heavy atom. The minimum Gasteiger partial charge on any atom is -0.387 e. The molecule has 0 radical (unpaired) electrons. The third kappa shape index (κ3) is 3.80. The lowest BCUT2D eigenvalue weighted by molar-refractivity contribution is -0.139. The average molecular weight is 306 g/mol. The average Bonchev–Trinajstić information content (AvgIpc) is 2.87. The van der Waals surface area contributed by atoms with E-state index >= 15 is 0 Å². The van der Waals surface area contributed by atoms with Crippen LogP contribution in [0.5, 0.6) is 0 Å². The smallest absolute Gasteiger partial charge is 0.309 e. The van der Waals surface area contributed by atoms with Gasteiger partial charge in [-0.2, -0.15) is 0 Å². The van der Waals surface area contributed by atoms with Gasteiger partial charge in [-0.05, 0) is 30.7 Å². The van der Waals surface area contributed by atoms with Crippen molar-refractivity contribution in [1.82, 2.24) is 10.6 Å². The van der Waals surface area contributed by atoms with E-state index < -0.39 is 17.9 Å². The lowest BCUT2D eigenvalue weighted by Crippen LogP contribution is -2.43. The Kier molecular flexibility index (Phi) is 4.93. The fourth-order valence-corrected chi connectivity index (χ4v) is 2.97. The van der Waals surface area contributed by atoms with Gasteiger partial charge in [0.2, 0.25) is 0 Å². The lowest BCUT2D eigenvalue weighted by atomic mass is 10.1. The van der Waals surface area contributed by atoms with Gasteiger partial charge in [-0.3, -0.25) is 9.59 Å². The maximum absolute atomic E-state index is 11.6. The number of rotatable bonds is 4. The minimum atomic E-state index is -0.836. The highest BCUT2D eigenvalue weighted by molar-refractivity contribution is 7.17. The molecule has 1 aromatic heterocycles. The van der Waals surface area contributed by atoms with E-state index in [0.29, 0.717) is 0 Å². The van der Waals surface area contributed by atoms with Gasteiger partial charge in [-0.1, -0.05) is 18.2 Å². The molecule has 0 spiro atoms. The van der Waals surface area contributed by atoms with E-state index in [9.17, 15) is 14.7 Å². The number of carbonyl (C=O) groups excluding carboxylic acids is 2. The second-order valence-electron chi connectivity index (χ2n) is 5.04. The van der Waals surface area contributed by atoms with Crippen molar-refractivity contribution in [3.05, 3.63) is 35.2 Å². The summed E-state index contributed by atoms with van der Waals surface area (Å²) in [5.74, 6) is -1.42. The van der Waals surface area contributed by atoms with E-state index in [1.165, 1.54) is 11.3 Å². The number of aliphatic hydroxyl groups excluding tert-OH is 1. The molecule has 1 heterocycles. The van der Waals surface area contributed by atoms with Crippen LogP contribution in [0.15, 0.2) is 29.6 Å². The summed E-state index contributed by atoms with van der Waals surface area (Å²) in [4.78, 5) is 23.0. The van der Waals surface area contributed by atoms with Gasteiger partial charge in [-0.25, -0.2) is 0 Å². The zero-order valence-corrected chi connectivity index (χ0v) is 12.7. The molecule has 0 aliphatic heterocycles. The second kappa shape index (κ2) is 6.69. The Bertz CT molecular complexity index is 651. The number of amides is 2. The molecule has 5 nitrogen and oxygen atoms in total. The molecule has 0 fully saturated rings. The molecule has 1 atom stereocenters. The Morgan fingerprint density at radius 3 is 2.67 bits per heavy atom. The number of fused-ring (bicyclic) bond motifs is 1. The molecule has 1 aromatic carbocycles. The van der Waals surface area contributed by atoms with Crippen molar-refractivity contribution in [3.8, 4) is 0 Å². The SMILES string of the molecule is CC(C)NC(=O)C(=O)NCC(O)c1csc2ccccc12. The first kappa shape index (κ1) is 15.5. The molecule has 112 valence electrons. The van der Waals surface area contributed by atoms with E-state index in [4.69, 9.17) is 0 Å². The van der Waals surface area contributed by atoms with Crippen LogP contribution in [0.1, 0.15) is 25.5 Å². The number of thiophene rings is 1. The Balaban J connectivity index is 1.97. The van der Waals surface area contributed by atoms with Crippen molar-refractivity contribution in [2.45, 2.75) is 26.0 Å². The molecule has 0 aliphatic rings. The van der Waals surface area contributed by atoms with Crippen LogP contribution in [0.25, 0.3) is 10.1 Å². The van der Waals surface area contributed by atoms with Gasteiger partial charge in [-0.15, -0.1) is 11.3 Å². The van der Waals surface area contributed by atoms with Crippen LogP contribution in [0.3, 0.4) is 0 Å². The summed E-state index contributed by atoms with van der Waals surface area (Å²) < 4.78 is 1.08. The van der Waals surface area contributed by atoms with Gasteiger partial charge in [0.1, 0.15) is 0 Å². The highest BCUT2D eigenvalue weighted by Crippen LogP contribution is 2.29. The van der Waals surface area contributed by atoms with Crippen LogP contribution in [0.2, 0.25) is 0 Å². The zero-order valence-electron chi connectivity index (χ0n) is 11.9. The molecule has 21 heavy (non-hydrogen) atoms. The van der Waals surface area contributed by atoms with E-state index in [1.54, 1.807) is 13.8 Å². The molecular weight excluding hydrogens is 288 g/mol. The minimum absolute atomic E-state index is 0.00504. The number of benzene rings is 1. The summed E-state index contributed by atoms with van der Waals surface area (Å²) in [6.45, 7) is 3.56. The molecule has 2 amide bonds. The van der Waals surface area contributed by atoms with Crippen molar-refractivity contribution in [3.63, 3.8) is 0 Å². The summed E-state index contributed by atoms with van der Waals surface area (Å²) in [5.41, 5.74) is 0.764. The predicted octanol–water partition coefficient (Wildman–Crippen LogP) is 1.58. The quantitative estimate of drug-likeness (QED) is 0.750. The summed E-state index contributed by atoms with van der Waals surface area (Å²) in [6.07, 6.45) is -0.836. The normalized spacial score (nSPS) is 12.4. The van der Waals surface area contributed by atoms with Gasteiger partial charge in [0, 0.05) is 22.8 Å². The van der Waals surface area contributed by atoms with Crippen LogP contribution in [-0.4, -0.2) is 29.5 Å². The monoisotopic (exact) mass is 306 g/mol. The molecule has 2 aromatic rings. The molecule has 6 heteroatoms. The molecule has 0 saturated heterocycles. The Hall–Kier alpha value is -1.92. The highest BCUT2D eigenvalue weighted by atomic mass is 32.1. The van der Waals surface area contributed by atoms with Crippen molar-refractivity contribution >= 4 is 33.2 Å². The van der Waals surface area contributed by atoms with E-state index in [1.807, 2.05) is 29.6 Å². The molecular formula is C15H18N2O3S.